The summed E-state index contributed by atoms with van der Waals surface area (Å²) in [7, 11) is 1.50. The van der Waals surface area contributed by atoms with Gasteiger partial charge in [-0.05, 0) is 75.1 Å². The summed E-state index contributed by atoms with van der Waals surface area (Å²) in [6.07, 6.45) is -10.1. The van der Waals surface area contributed by atoms with E-state index in [2.05, 4.69) is 15.4 Å². The Balaban J connectivity index is 1.91. The van der Waals surface area contributed by atoms with Crippen molar-refractivity contribution in [1.82, 2.24) is 20.2 Å². The summed E-state index contributed by atoms with van der Waals surface area (Å²) in [5.41, 5.74) is -2.25. The first-order valence-corrected chi connectivity index (χ1v) is 12.9. The van der Waals surface area contributed by atoms with Gasteiger partial charge in [0.15, 0.2) is 0 Å². The molecule has 41 heavy (non-hydrogen) atoms. The van der Waals surface area contributed by atoms with Gasteiger partial charge >= 0.3 is 18.4 Å². The fraction of sp³-hybridized carbons (Fsp3) is 0.481. The summed E-state index contributed by atoms with van der Waals surface area (Å²) in [5.74, 6) is 0.00614. The van der Waals surface area contributed by atoms with Crippen LogP contribution in [0.4, 0.5) is 42.8 Å². The number of para-hydroxylation sites is 1. The first kappa shape index (κ1) is 30.1. The van der Waals surface area contributed by atoms with Gasteiger partial charge < -0.3 is 9.64 Å². The summed E-state index contributed by atoms with van der Waals surface area (Å²) in [5, 5.41) is 12.2. The number of hydrogen-bond acceptors (Lipinski definition) is 6. The van der Waals surface area contributed by atoms with Gasteiger partial charge in [-0.3, -0.25) is 4.90 Å². The molecule has 0 aliphatic carbocycles. The molecule has 0 saturated carbocycles. The molecule has 1 atom stereocenters. The Hall–Kier alpha value is -3.84. The highest BCUT2D eigenvalue weighted by Crippen LogP contribution is 2.45. The van der Waals surface area contributed by atoms with Gasteiger partial charge in [0.1, 0.15) is 0 Å². The van der Waals surface area contributed by atoms with E-state index in [-0.39, 0.29) is 30.2 Å². The molecule has 3 aromatic rings. The number of amides is 1. The largest absolute Gasteiger partial charge is 0.446 e. The molecule has 0 saturated heterocycles. The summed E-state index contributed by atoms with van der Waals surface area (Å²) in [6, 6.07) is 6.86. The van der Waals surface area contributed by atoms with Crippen molar-refractivity contribution < 1.29 is 35.9 Å². The second-order valence-corrected chi connectivity index (χ2v) is 10.5. The molecule has 4 rings (SSSR count). The van der Waals surface area contributed by atoms with Crippen molar-refractivity contribution in [2.24, 2.45) is 7.05 Å². The summed E-state index contributed by atoms with van der Waals surface area (Å²) in [6.45, 7) is 6.95. The van der Waals surface area contributed by atoms with E-state index >= 15 is 0 Å². The van der Waals surface area contributed by atoms with Crippen molar-refractivity contribution in [1.29, 1.82) is 0 Å². The zero-order chi connectivity index (χ0) is 30.3. The van der Waals surface area contributed by atoms with Gasteiger partial charge in [-0.2, -0.15) is 31.1 Å². The average molecular weight is 585 g/mol. The molecule has 0 fully saturated rings. The van der Waals surface area contributed by atoms with Gasteiger partial charge in [0, 0.05) is 18.7 Å². The number of aryl methyl sites for hydroxylation is 2. The molecule has 1 aromatic heterocycles. The minimum atomic E-state index is -5.00. The lowest BCUT2D eigenvalue weighted by atomic mass is 9.84. The number of ether oxygens (including phenoxy) is 1. The number of fused-ring (bicyclic) bond motifs is 1. The summed E-state index contributed by atoms with van der Waals surface area (Å²) >= 11 is 0. The van der Waals surface area contributed by atoms with Crippen molar-refractivity contribution in [2.45, 2.75) is 71.1 Å². The first-order chi connectivity index (χ1) is 19.0. The monoisotopic (exact) mass is 584 g/mol. The van der Waals surface area contributed by atoms with Crippen LogP contribution in [-0.2, 0) is 36.2 Å². The van der Waals surface area contributed by atoms with E-state index in [0.717, 1.165) is 10.4 Å². The van der Waals surface area contributed by atoms with Crippen LogP contribution in [0.3, 0.4) is 0 Å². The number of carbonyl (C=O) groups is 1. The molecule has 2 heterocycles. The average Bonchev–Trinajstić information content (AvgIpc) is 3.22. The van der Waals surface area contributed by atoms with Crippen LogP contribution in [0, 0.1) is 6.92 Å². The molecule has 1 aliphatic rings. The molecule has 0 N–H and O–H groups in total. The lowest BCUT2D eigenvalue weighted by Gasteiger charge is -2.42. The van der Waals surface area contributed by atoms with Crippen molar-refractivity contribution in [3.8, 4) is 0 Å². The second kappa shape index (κ2) is 10.9. The Morgan fingerprint density at radius 2 is 1.73 bits per heavy atom. The Kier molecular flexibility index (Phi) is 7.98. The van der Waals surface area contributed by atoms with E-state index < -0.39 is 41.7 Å². The van der Waals surface area contributed by atoms with Crippen molar-refractivity contribution in [2.75, 3.05) is 16.3 Å². The second-order valence-electron chi connectivity index (χ2n) is 10.5. The van der Waals surface area contributed by atoms with Crippen LogP contribution in [0.1, 0.15) is 61.4 Å². The van der Waals surface area contributed by atoms with Gasteiger partial charge in [-0.1, -0.05) is 23.3 Å². The smallest absolute Gasteiger partial charge is 0.416 e. The van der Waals surface area contributed by atoms with Crippen LogP contribution in [0.25, 0.3) is 0 Å². The minimum absolute atomic E-state index is 0.00614. The third-order valence-corrected chi connectivity index (χ3v) is 7.01. The van der Waals surface area contributed by atoms with Crippen molar-refractivity contribution >= 4 is 17.7 Å². The maximum Gasteiger partial charge on any atom is 0.416 e. The van der Waals surface area contributed by atoms with Crippen LogP contribution in [0.15, 0.2) is 36.4 Å². The Labute approximate surface area is 232 Å². The van der Waals surface area contributed by atoms with Crippen LogP contribution in [0.2, 0.25) is 0 Å². The number of benzene rings is 2. The fourth-order valence-corrected chi connectivity index (χ4v) is 5.15. The van der Waals surface area contributed by atoms with Crippen molar-refractivity contribution in [3.63, 3.8) is 0 Å². The third kappa shape index (κ3) is 6.25. The topological polar surface area (TPSA) is 76.4 Å². The number of hydrogen-bond donors (Lipinski definition) is 0. The Bertz CT molecular complexity index is 1390. The van der Waals surface area contributed by atoms with Crippen molar-refractivity contribution in [3.05, 3.63) is 64.2 Å². The number of rotatable bonds is 5. The van der Waals surface area contributed by atoms with E-state index in [0.29, 0.717) is 36.2 Å². The minimum Gasteiger partial charge on any atom is -0.446 e. The molecule has 14 heteroatoms. The predicted octanol–water partition coefficient (Wildman–Crippen LogP) is 6.62. The highest BCUT2D eigenvalue weighted by molar-refractivity contribution is 5.90. The number of tetrazole rings is 1. The van der Waals surface area contributed by atoms with Crippen LogP contribution in [-0.4, -0.2) is 38.9 Å². The SMILES string of the molecule is Cc1cccc2c1N(C(=O)OC(C)C)CCCC2(C)N(Cc1cc(C(F)(F)F)cc(C(F)(F)F)c1)c1nnn(C)n1. The lowest BCUT2D eigenvalue weighted by molar-refractivity contribution is -0.143. The number of aromatic nitrogens is 4. The van der Waals surface area contributed by atoms with E-state index in [1.807, 2.05) is 13.0 Å². The molecular formula is C27H30F6N6O2. The van der Waals surface area contributed by atoms with Gasteiger partial charge in [0.05, 0.1) is 35.5 Å². The van der Waals surface area contributed by atoms with Crippen LogP contribution >= 0.6 is 0 Å². The molecule has 1 amide bonds. The first-order valence-electron chi connectivity index (χ1n) is 12.9. The normalized spacial score (nSPS) is 17.8. The third-order valence-electron chi connectivity index (χ3n) is 7.01. The predicted molar refractivity (Wildman–Crippen MR) is 138 cm³/mol. The quantitative estimate of drug-likeness (QED) is 0.314. The molecule has 0 spiro atoms. The maximum atomic E-state index is 13.7. The zero-order valence-corrected chi connectivity index (χ0v) is 23.1. The Morgan fingerprint density at radius 1 is 1.10 bits per heavy atom. The molecule has 8 nitrogen and oxygen atoms in total. The molecule has 0 bridgehead atoms. The fourth-order valence-electron chi connectivity index (χ4n) is 5.15. The molecular weight excluding hydrogens is 554 g/mol. The van der Waals surface area contributed by atoms with E-state index in [4.69, 9.17) is 4.74 Å². The molecule has 222 valence electrons. The molecule has 1 aliphatic heterocycles. The highest BCUT2D eigenvalue weighted by Gasteiger charge is 2.43. The maximum absolute atomic E-state index is 13.7. The number of halogens is 6. The number of nitrogens with zero attached hydrogens (tertiary/aromatic N) is 6. The number of anilines is 2. The van der Waals surface area contributed by atoms with Gasteiger partial charge in [0.25, 0.3) is 5.95 Å². The highest BCUT2D eigenvalue weighted by atomic mass is 19.4. The standard InChI is InChI=1S/C27H30F6N6O2/c1-16(2)41-24(40)38-11-7-10-25(4,21-9-6-8-17(3)22(21)38)39(23-34-36-37(5)35-23)15-18-12-19(26(28,29)30)14-20(13-18)27(31,32)33/h6,8-9,12-14,16H,7,10-11,15H2,1-5H3. The Morgan fingerprint density at radius 3 is 2.27 bits per heavy atom. The summed E-state index contributed by atoms with van der Waals surface area (Å²) < 4.78 is 87.5. The van der Waals surface area contributed by atoms with Gasteiger partial charge in [-0.15, -0.1) is 5.10 Å². The molecule has 0 radical (unpaired) electrons. The van der Waals surface area contributed by atoms with E-state index in [1.165, 1.54) is 11.9 Å². The van der Waals surface area contributed by atoms with Gasteiger partial charge in [-0.25, -0.2) is 4.79 Å². The summed E-state index contributed by atoms with van der Waals surface area (Å²) in [4.78, 5) is 17.3. The van der Waals surface area contributed by atoms with E-state index in [9.17, 15) is 31.1 Å². The van der Waals surface area contributed by atoms with Gasteiger partial charge in [0.2, 0.25) is 0 Å². The lowest BCUT2D eigenvalue weighted by Crippen LogP contribution is -2.45. The number of carbonyl (C=O) groups excluding carboxylic acids is 1. The zero-order valence-electron chi connectivity index (χ0n) is 23.1. The van der Waals surface area contributed by atoms with E-state index in [1.54, 1.807) is 37.8 Å². The number of alkyl halides is 6. The van der Waals surface area contributed by atoms with Crippen LogP contribution < -0.4 is 9.80 Å². The molecule has 1 unspecified atom stereocenters. The van der Waals surface area contributed by atoms with Crippen LogP contribution in [0.5, 0.6) is 0 Å². The molecule has 2 aromatic carbocycles.